The van der Waals surface area contributed by atoms with Crippen LogP contribution in [0.25, 0.3) is 11.3 Å². The van der Waals surface area contributed by atoms with Crippen LogP contribution in [0.4, 0.5) is 5.69 Å². The van der Waals surface area contributed by atoms with E-state index in [1.807, 2.05) is 48.5 Å². The molecule has 5 nitrogen and oxygen atoms in total. The van der Waals surface area contributed by atoms with Crippen LogP contribution >= 0.6 is 0 Å². The van der Waals surface area contributed by atoms with Gasteiger partial charge < -0.3 is 15.7 Å². The van der Waals surface area contributed by atoms with Crippen LogP contribution in [0.1, 0.15) is 37.7 Å². The van der Waals surface area contributed by atoms with Gasteiger partial charge in [0.2, 0.25) is 0 Å². The highest BCUT2D eigenvalue weighted by Gasteiger charge is 2.15. The predicted molar refractivity (Wildman–Crippen MR) is 115 cm³/mol. The van der Waals surface area contributed by atoms with Crippen LogP contribution < -0.4 is 21.1 Å². The van der Waals surface area contributed by atoms with Crippen LogP contribution in [0, 0.1) is 22.7 Å². The minimum Gasteiger partial charge on any atom is -0.395 e. The van der Waals surface area contributed by atoms with Gasteiger partial charge in [-0.2, -0.15) is 10.5 Å². The average Bonchev–Trinajstić information content (AvgIpc) is 2.79. The summed E-state index contributed by atoms with van der Waals surface area (Å²) >= 11 is 0. The third-order valence-electron chi connectivity index (χ3n) is 5.25. The van der Waals surface area contributed by atoms with Crippen molar-refractivity contribution in [2.75, 3.05) is 18.5 Å². The number of aliphatic hydroxyl groups excluding tert-OH is 1. The second-order valence-corrected chi connectivity index (χ2v) is 7.26. The summed E-state index contributed by atoms with van der Waals surface area (Å²) in [5.74, 6) is 0. The van der Waals surface area contributed by atoms with E-state index in [9.17, 15) is 0 Å². The molecular formula is C24H26N4O. The van der Waals surface area contributed by atoms with Crippen LogP contribution in [-0.4, -0.2) is 24.3 Å². The molecule has 1 aliphatic carbocycles. The van der Waals surface area contributed by atoms with E-state index in [0.29, 0.717) is 17.8 Å². The molecule has 1 saturated carbocycles. The summed E-state index contributed by atoms with van der Waals surface area (Å²) in [6.07, 6.45) is 6.12. The van der Waals surface area contributed by atoms with Crippen LogP contribution in [0.2, 0.25) is 0 Å². The van der Waals surface area contributed by atoms with Gasteiger partial charge in [0, 0.05) is 29.2 Å². The molecule has 0 unspecified atom stereocenters. The second-order valence-electron chi connectivity index (χ2n) is 7.26. The molecule has 0 saturated heterocycles. The molecule has 2 aromatic rings. The van der Waals surface area contributed by atoms with E-state index in [1.54, 1.807) is 0 Å². The molecule has 0 spiro atoms. The lowest BCUT2D eigenvalue weighted by atomic mass is 9.94. The van der Waals surface area contributed by atoms with Crippen molar-refractivity contribution in [3.05, 3.63) is 64.5 Å². The van der Waals surface area contributed by atoms with Crippen molar-refractivity contribution in [3.8, 4) is 12.1 Å². The van der Waals surface area contributed by atoms with Crippen LogP contribution in [-0.2, 0) is 0 Å². The Balaban J connectivity index is 2.01. The molecule has 0 radical (unpaired) electrons. The molecule has 29 heavy (non-hydrogen) atoms. The number of nitriles is 2. The topological polar surface area (TPSA) is 91.9 Å². The summed E-state index contributed by atoms with van der Waals surface area (Å²) in [6.45, 7) is 0.618. The van der Waals surface area contributed by atoms with E-state index in [4.69, 9.17) is 15.6 Å². The van der Waals surface area contributed by atoms with Crippen LogP contribution in [0.3, 0.4) is 0 Å². The monoisotopic (exact) mass is 386 g/mol. The van der Waals surface area contributed by atoms with E-state index in [1.165, 1.54) is 32.1 Å². The predicted octanol–water partition coefficient (Wildman–Crippen LogP) is 2.37. The van der Waals surface area contributed by atoms with Crippen molar-refractivity contribution in [1.29, 1.82) is 10.5 Å². The number of hydrogen-bond donors (Lipinski definition) is 3. The average molecular weight is 386 g/mol. The summed E-state index contributed by atoms with van der Waals surface area (Å²) < 4.78 is 0. The lowest BCUT2D eigenvalue weighted by Gasteiger charge is -2.26. The Morgan fingerprint density at radius 3 is 2.10 bits per heavy atom. The van der Waals surface area contributed by atoms with Crippen molar-refractivity contribution < 1.29 is 5.11 Å². The Morgan fingerprint density at radius 2 is 1.52 bits per heavy atom. The summed E-state index contributed by atoms with van der Waals surface area (Å²) in [4.78, 5) is 0. The van der Waals surface area contributed by atoms with Gasteiger partial charge >= 0.3 is 0 Å². The Bertz CT molecular complexity index is 983. The Labute approximate surface area is 171 Å². The maximum Gasteiger partial charge on any atom is 0.136 e. The highest BCUT2D eigenvalue weighted by Crippen LogP contribution is 2.21. The zero-order chi connectivity index (χ0) is 20.5. The largest absolute Gasteiger partial charge is 0.395 e. The first-order chi connectivity index (χ1) is 14.2. The number of hydrogen-bond acceptors (Lipinski definition) is 5. The zero-order valence-electron chi connectivity index (χ0n) is 16.5. The fourth-order valence-electron chi connectivity index (χ4n) is 3.70. The lowest BCUT2D eigenvalue weighted by molar-refractivity contribution is 0.311. The minimum absolute atomic E-state index is 0.0963. The number of nitrogens with zero attached hydrogens (tertiary/aromatic N) is 2. The molecule has 1 aliphatic rings. The molecule has 3 rings (SSSR count). The highest BCUT2D eigenvalue weighted by atomic mass is 16.3. The first kappa shape index (κ1) is 20.5. The third-order valence-corrected chi connectivity index (χ3v) is 5.25. The lowest BCUT2D eigenvalue weighted by Crippen LogP contribution is -2.33. The third kappa shape index (κ3) is 5.38. The van der Waals surface area contributed by atoms with Gasteiger partial charge in [-0.05, 0) is 35.8 Å². The number of aliphatic hydroxyl groups is 1. The van der Waals surface area contributed by atoms with Crippen molar-refractivity contribution in [2.45, 2.75) is 38.1 Å². The molecule has 0 aromatic heterocycles. The SMILES string of the molecule is N#CC(C#N)=c1ccc(=C(NC2CCCCC2)c2ccc(NCCO)cc2)cc1. The Hall–Kier alpha value is -3.28. The van der Waals surface area contributed by atoms with E-state index >= 15 is 0 Å². The van der Waals surface area contributed by atoms with Gasteiger partial charge in [-0.1, -0.05) is 55.7 Å². The minimum atomic E-state index is 0.0963. The molecule has 0 amide bonds. The molecule has 5 heteroatoms. The maximum atomic E-state index is 9.09. The van der Waals surface area contributed by atoms with Crippen molar-refractivity contribution >= 4 is 17.0 Å². The smallest absolute Gasteiger partial charge is 0.136 e. The summed E-state index contributed by atoms with van der Waals surface area (Å²) in [7, 11) is 0. The fraction of sp³-hybridized carbons (Fsp3) is 0.333. The van der Waals surface area contributed by atoms with Gasteiger partial charge in [0.1, 0.15) is 17.7 Å². The van der Waals surface area contributed by atoms with Gasteiger partial charge in [0.15, 0.2) is 0 Å². The molecule has 0 atom stereocenters. The van der Waals surface area contributed by atoms with E-state index in [-0.39, 0.29) is 12.2 Å². The van der Waals surface area contributed by atoms with E-state index < -0.39 is 0 Å². The van der Waals surface area contributed by atoms with Gasteiger partial charge in [0.25, 0.3) is 0 Å². The first-order valence-corrected chi connectivity index (χ1v) is 10.1. The Kier molecular flexibility index (Phi) is 7.28. The van der Waals surface area contributed by atoms with Crippen molar-refractivity contribution in [2.24, 2.45) is 0 Å². The van der Waals surface area contributed by atoms with Gasteiger partial charge in [-0.25, -0.2) is 0 Å². The molecule has 1 fully saturated rings. The highest BCUT2D eigenvalue weighted by molar-refractivity contribution is 5.72. The molecule has 2 aromatic carbocycles. The molecule has 0 aliphatic heterocycles. The summed E-state index contributed by atoms with van der Waals surface area (Å²) in [6, 6.07) is 20.1. The van der Waals surface area contributed by atoms with E-state index in [0.717, 1.165) is 22.2 Å². The van der Waals surface area contributed by atoms with Gasteiger partial charge in [-0.15, -0.1) is 0 Å². The fourth-order valence-corrected chi connectivity index (χ4v) is 3.70. The number of rotatable bonds is 6. The molecular weight excluding hydrogens is 360 g/mol. The molecule has 3 N–H and O–H groups in total. The zero-order valence-corrected chi connectivity index (χ0v) is 16.5. The molecule has 148 valence electrons. The van der Waals surface area contributed by atoms with Crippen molar-refractivity contribution in [3.63, 3.8) is 0 Å². The summed E-state index contributed by atoms with van der Waals surface area (Å²) in [5.41, 5.74) is 3.24. The Morgan fingerprint density at radius 1 is 0.897 bits per heavy atom. The standard InChI is InChI=1S/C24H26N4O/c25-16-21(17-26)18-6-8-19(9-7-18)24(28-23-4-2-1-3-5-23)20-10-12-22(13-11-20)27-14-15-29/h6-13,23,27-29H,1-5,14-15H2. The molecule has 0 heterocycles. The van der Waals surface area contributed by atoms with Crippen LogP contribution in [0.5, 0.6) is 0 Å². The summed E-state index contributed by atoms with van der Waals surface area (Å²) in [5, 5.41) is 35.8. The second kappa shape index (κ2) is 10.3. The molecule has 0 bridgehead atoms. The number of nitrogens with one attached hydrogen (secondary N) is 2. The number of anilines is 1. The van der Waals surface area contributed by atoms with Crippen molar-refractivity contribution in [1.82, 2.24) is 5.32 Å². The van der Waals surface area contributed by atoms with Gasteiger partial charge in [0.05, 0.1) is 6.61 Å². The van der Waals surface area contributed by atoms with E-state index in [2.05, 4.69) is 22.8 Å². The first-order valence-electron chi connectivity index (χ1n) is 10.1. The normalized spacial score (nSPS) is 13.8. The van der Waals surface area contributed by atoms with Gasteiger partial charge in [-0.3, -0.25) is 0 Å². The number of benzene rings is 2. The quantitative estimate of drug-likeness (QED) is 0.709. The van der Waals surface area contributed by atoms with Crippen LogP contribution in [0.15, 0.2) is 48.5 Å². The maximum absolute atomic E-state index is 9.09.